The van der Waals surface area contributed by atoms with Crippen LogP contribution >= 0.6 is 11.3 Å². The largest absolute Gasteiger partial charge is 0.276 e. The lowest BCUT2D eigenvalue weighted by atomic mass is 10.2. The summed E-state index contributed by atoms with van der Waals surface area (Å²) < 4.78 is 0. The summed E-state index contributed by atoms with van der Waals surface area (Å²) >= 11 is 1.78. The van der Waals surface area contributed by atoms with Crippen molar-refractivity contribution in [1.29, 1.82) is 0 Å². The van der Waals surface area contributed by atoms with Gasteiger partial charge in [0, 0.05) is 29.9 Å². The summed E-state index contributed by atoms with van der Waals surface area (Å²) in [5, 5.41) is 2.87. The van der Waals surface area contributed by atoms with Crippen molar-refractivity contribution in [2.45, 2.75) is 19.3 Å². The zero-order valence-electron chi connectivity index (χ0n) is 12.5. The maximum Gasteiger partial charge on any atom is 0.165 e. The Morgan fingerprint density at radius 1 is 1.27 bits per heavy atom. The number of hydroxylamine groups is 1. The van der Waals surface area contributed by atoms with Crippen LogP contribution < -0.4 is 5.06 Å². The standard InChI is InChI=1S/C16H16N4OS/c1-20(21-2)15-13-11-6-3-7-12(11)22-16(13)19-14(18-15)10-5-4-8-17-9-10/h4-5,8-9H,3,6-7H2,1-2H3. The first-order valence-corrected chi connectivity index (χ1v) is 8.10. The number of aryl methyl sites for hydroxylation is 2. The molecule has 0 radical (unpaired) electrons. The van der Waals surface area contributed by atoms with Crippen molar-refractivity contribution in [3.05, 3.63) is 35.0 Å². The Bertz CT molecular complexity index is 831. The van der Waals surface area contributed by atoms with E-state index in [-0.39, 0.29) is 0 Å². The van der Waals surface area contributed by atoms with Crippen LogP contribution in [0.4, 0.5) is 5.82 Å². The summed E-state index contributed by atoms with van der Waals surface area (Å²) in [6.45, 7) is 0. The van der Waals surface area contributed by atoms with E-state index in [0.717, 1.165) is 34.4 Å². The molecule has 0 amide bonds. The fourth-order valence-corrected chi connectivity index (χ4v) is 4.17. The van der Waals surface area contributed by atoms with Gasteiger partial charge in [0.1, 0.15) is 4.83 Å². The van der Waals surface area contributed by atoms with Gasteiger partial charge in [-0.05, 0) is 37.0 Å². The molecule has 1 aliphatic rings. The molecule has 22 heavy (non-hydrogen) atoms. The van der Waals surface area contributed by atoms with E-state index in [0.29, 0.717) is 5.82 Å². The molecule has 0 spiro atoms. The van der Waals surface area contributed by atoms with Crippen LogP contribution in [0.25, 0.3) is 21.6 Å². The van der Waals surface area contributed by atoms with Crippen LogP contribution in [0.5, 0.6) is 0 Å². The smallest absolute Gasteiger partial charge is 0.165 e. The zero-order valence-corrected chi connectivity index (χ0v) is 13.4. The fourth-order valence-electron chi connectivity index (χ4n) is 2.92. The van der Waals surface area contributed by atoms with Crippen LogP contribution in [0.3, 0.4) is 0 Å². The molecular weight excluding hydrogens is 296 g/mol. The second kappa shape index (κ2) is 5.30. The molecule has 0 N–H and O–H groups in total. The average Bonchev–Trinajstić information content (AvgIpc) is 3.14. The second-order valence-corrected chi connectivity index (χ2v) is 6.41. The number of hydrogen-bond acceptors (Lipinski definition) is 6. The summed E-state index contributed by atoms with van der Waals surface area (Å²) in [4.78, 5) is 21.6. The highest BCUT2D eigenvalue weighted by Crippen LogP contribution is 2.41. The minimum atomic E-state index is 0.694. The highest BCUT2D eigenvalue weighted by atomic mass is 32.1. The molecule has 0 aliphatic heterocycles. The van der Waals surface area contributed by atoms with E-state index in [1.165, 1.54) is 16.9 Å². The molecule has 0 bridgehead atoms. The van der Waals surface area contributed by atoms with E-state index in [4.69, 9.17) is 14.8 Å². The molecule has 0 aromatic carbocycles. The lowest BCUT2D eigenvalue weighted by Gasteiger charge is -2.17. The SMILES string of the molecule is CON(C)c1nc(-c2cccnc2)nc2sc3c(c12)CCC3. The Morgan fingerprint density at radius 2 is 2.18 bits per heavy atom. The maximum absolute atomic E-state index is 5.40. The monoisotopic (exact) mass is 312 g/mol. The zero-order chi connectivity index (χ0) is 15.1. The van der Waals surface area contributed by atoms with Gasteiger partial charge in [0.05, 0.1) is 12.5 Å². The Kier molecular flexibility index (Phi) is 3.28. The third-order valence-corrected chi connectivity index (χ3v) is 5.22. The number of aromatic nitrogens is 3. The molecule has 0 saturated carbocycles. The number of rotatable bonds is 3. The Balaban J connectivity index is 1.98. The molecule has 0 atom stereocenters. The quantitative estimate of drug-likeness (QED) is 0.695. The molecule has 0 saturated heterocycles. The minimum Gasteiger partial charge on any atom is -0.276 e. The lowest BCUT2D eigenvalue weighted by Crippen LogP contribution is -2.17. The van der Waals surface area contributed by atoms with Gasteiger partial charge in [0.2, 0.25) is 0 Å². The number of thiophene rings is 1. The third-order valence-electron chi connectivity index (χ3n) is 4.04. The van der Waals surface area contributed by atoms with Crippen LogP contribution in [0.15, 0.2) is 24.5 Å². The van der Waals surface area contributed by atoms with Gasteiger partial charge in [-0.25, -0.2) is 15.0 Å². The second-order valence-electron chi connectivity index (χ2n) is 5.33. The minimum absolute atomic E-state index is 0.694. The first-order valence-electron chi connectivity index (χ1n) is 7.28. The van der Waals surface area contributed by atoms with Crippen molar-refractivity contribution in [2.24, 2.45) is 0 Å². The summed E-state index contributed by atoms with van der Waals surface area (Å²) in [5.74, 6) is 1.53. The molecule has 3 aromatic rings. The van der Waals surface area contributed by atoms with E-state index in [9.17, 15) is 0 Å². The van der Waals surface area contributed by atoms with Crippen LogP contribution in [0.2, 0.25) is 0 Å². The molecule has 3 aromatic heterocycles. The van der Waals surface area contributed by atoms with Crippen molar-refractivity contribution in [1.82, 2.24) is 15.0 Å². The summed E-state index contributed by atoms with van der Waals surface area (Å²) in [6.07, 6.45) is 7.02. The normalized spacial score (nSPS) is 13.5. The topological polar surface area (TPSA) is 51.1 Å². The van der Waals surface area contributed by atoms with E-state index in [2.05, 4.69) is 4.98 Å². The van der Waals surface area contributed by atoms with Crippen molar-refractivity contribution < 1.29 is 4.84 Å². The molecule has 112 valence electrons. The van der Waals surface area contributed by atoms with Crippen molar-refractivity contribution in [3.63, 3.8) is 0 Å². The molecule has 0 unspecified atom stereocenters. The highest BCUT2D eigenvalue weighted by Gasteiger charge is 2.24. The molecule has 3 heterocycles. The molecule has 1 aliphatic carbocycles. The number of hydrogen-bond donors (Lipinski definition) is 0. The van der Waals surface area contributed by atoms with Crippen LogP contribution in [-0.4, -0.2) is 29.1 Å². The van der Waals surface area contributed by atoms with E-state index < -0.39 is 0 Å². The Labute approximate surface area is 132 Å². The van der Waals surface area contributed by atoms with Gasteiger partial charge in [-0.2, -0.15) is 0 Å². The molecular formula is C16H16N4OS. The van der Waals surface area contributed by atoms with Gasteiger partial charge in [0.15, 0.2) is 11.6 Å². The van der Waals surface area contributed by atoms with Crippen LogP contribution in [0.1, 0.15) is 16.9 Å². The van der Waals surface area contributed by atoms with Gasteiger partial charge in [-0.15, -0.1) is 11.3 Å². The van der Waals surface area contributed by atoms with E-state index in [1.54, 1.807) is 35.9 Å². The Hall–Kier alpha value is -2.05. The average molecular weight is 312 g/mol. The summed E-state index contributed by atoms with van der Waals surface area (Å²) in [7, 11) is 3.54. The van der Waals surface area contributed by atoms with Crippen molar-refractivity contribution >= 4 is 27.4 Å². The summed E-state index contributed by atoms with van der Waals surface area (Å²) in [5.41, 5.74) is 2.32. The van der Waals surface area contributed by atoms with Gasteiger partial charge in [0.25, 0.3) is 0 Å². The first-order chi connectivity index (χ1) is 10.8. The number of nitrogens with zero attached hydrogens (tertiary/aromatic N) is 4. The van der Waals surface area contributed by atoms with Crippen LogP contribution in [-0.2, 0) is 17.7 Å². The van der Waals surface area contributed by atoms with Gasteiger partial charge in [-0.3, -0.25) is 9.82 Å². The lowest BCUT2D eigenvalue weighted by molar-refractivity contribution is 0.183. The number of anilines is 1. The predicted molar refractivity (Wildman–Crippen MR) is 88.1 cm³/mol. The van der Waals surface area contributed by atoms with E-state index >= 15 is 0 Å². The summed E-state index contributed by atoms with van der Waals surface area (Å²) in [6, 6.07) is 3.88. The Morgan fingerprint density at radius 3 is 2.95 bits per heavy atom. The first kappa shape index (κ1) is 13.6. The van der Waals surface area contributed by atoms with Crippen molar-refractivity contribution in [2.75, 3.05) is 19.2 Å². The van der Waals surface area contributed by atoms with Gasteiger partial charge < -0.3 is 0 Å². The van der Waals surface area contributed by atoms with Gasteiger partial charge >= 0.3 is 0 Å². The molecule has 6 heteroatoms. The fraction of sp³-hybridized carbons (Fsp3) is 0.312. The maximum atomic E-state index is 5.40. The van der Waals surface area contributed by atoms with E-state index in [1.807, 2.05) is 19.2 Å². The molecule has 4 rings (SSSR count). The predicted octanol–water partition coefficient (Wildman–Crippen LogP) is 3.24. The van der Waals surface area contributed by atoms with Gasteiger partial charge in [-0.1, -0.05) is 0 Å². The molecule has 5 nitrogen and oxygen atoms in total. The highest BCUT2D eigenvalue weighted by molar-refractivity contribution is 7.19. The van der Waals surface area contributed by atoms with Crippen molar-refractivity contribution in [3.8, 4) is 11.4 Å². The molecule has 0 fully saturated rings. The number of fused-ring (bicyclic) bond motifs is 3. The van der Waals surface area contributed by atoms with Crippen LogP contribution in [0, 0.1) is 0 Å². The third kappa shape index (κ3) is 2.07. The number of pyridine rings is 1.